The van der Waals surface area contributed by atoms with Crippen LogP contribution in [0.5, 0.6) is 0 Å². The number of anilines is 1. The third kappa shape index (κ3) is 5.88. The molecule has 1 heterocycles. The Labute approximate surface area is 186 Å². The molecule has 1 N–H and O–H groups in total. The number of hydrogen-bond donors (Lipinski definition) is 1. The van der Waals surface area contributed by atoms with Crippen LogP contribution in [0.2, 0.25) is 10.0 Å². The average molecular weight is 453 g/mol. The molecule has 154 valence electrons. The molecule has 0 fully saturated rings. The Morgan fingerprint density at radius 2 is 1.69 bits per heavy atom. The van der Waals surface area contributed by atoms with Crippen molar-refractivity contribution in [1.82, 2.24) is 5.01 Å². The van der Waals surface area contributed by atoms with Crippen molar-refractivity contribution >= 4 is 52.1 Å². The smallest absolute Gasteiger partial charge is 0.245 e. The molecule has 1 atom stereocenters. The highest BCUT2D eigenvalue weighted by molar-refractivity contribution is 6.31. The molecular formula is C22H24Cl3N3O. The highest BCUT2D eigenvalue weighted by Gasteiger charge is 2.39. The van der Waals surface area contributed by atoms with Crippen molar-refractivity contribution in [1.29, 1.82) is 0 Å². The van der Waals surface area contributed by atoms with Gasteiger partial charge in [-0.05, 0) is 54.8 Å². The molecule has 3 rings (SSSR count). The summed E-state index contributed by atoms with van der Waals surface area (Å²) in [6.07, 6.45) is 2.93. The maximum absolute atomic E-state index is 12.5. The minimum Gasteiger partial charge on any atom is -0.324 e. The van der Waals surface area contributed by atoms with Crippen LogP contribution in [-0.4, -0.2) is 35.6 Å². The predicted molar refractivity (Wildman–Crippen MR) is 122 cm³/mol. The van der Waals surface area contributed by atoms with E-state index in [-0.39, 0.29) is 17.9 Å². The third-order valence-corrected chi connectivity index (χ3v) is 5.80. The van der Waals surface area contributed by atoms with Crippen molar-refractivity contribution in [2.45, 2.75) is 26.2 Å². The number of amides is 1. The van der Waals surface area contributed by atoms with E-state index >= 15 is 0 Å². The van der Waals surface area contributed by atoms with Crippen LogP contribution in [0.15, 0.2) is 53.6 Å². The second-order valence-corrected chi connectivity index (χ2v) is 8.79. The number of alkyl halides is 1. The quantitative estimate of drug-likeness (QED) is 0.390. The van der Waals surface area contributed by atoms with Gasteiger partial charge in [0.15, 0.2) is 0 Å². The molecule has 0 saturated heterocycles. The summed E-state index contributed by atoms with van der Waals surface area (Å²) in [5.74, 6) is 0.535. The van der Waals surface area contributed by atoms with E-state index in [9.17, 15) is 4.79 Å². The Kier molecular flexibility index (Phi) is 7.44. The predicted octanol–water partition coefficient (Wildman–Crippen LogP) is 6.07. The molecule has 0 radical (unpaired) electrons. The lowest BCUT2D eigenvalue weighted by molar-refractivity contribution is -0.117. The van der Waals surface area contributed by atoms with E-state index in [0.29, 0.717) is 28.2 Å². The SMILES string of the molecule is CC1(CCCCCl)CN(CC(=O)Nc2ccc(Cl)cc2)N=C1c1ccc(Cl)cc1. The normalized spacial score (nSPS) is 18.6. The fourth-order valence-corrected chi connectivity index (χ4v) is 4.03. The molecule has 0 aliphatic carbocycles. The molecule has 0 aromatic heterocycles. The highest BCUT2D eigenvalue weighted by Crippen LogP contribution is 2.36. The second-order valence-electron chi connectivity index (χ2n) is 7.54. The van der Waals surface area contributed by atoms with Gasteiger partial charge in [0.2, 0.25) is 5.91 Å². The van der Waals surface area contributed by atoms with Crippen LogP contribution in [0.25, 0.3) is 0 Å². The summed E-state index contributed by atoms with van der Waals surface area (Å²) >= 11 is 17.8. The zero-order valence-electron chi connectivity index (χ0n) is 16.3. The number of nitrogens with one attached hydrogen (secondary N) is 1. The molecule has 7 heteroatoms. The first-order valence-electron chi connectivity index (χ1n) is 9.61. The molecule has 29 heavy (non-hydrogen) atoms. The molecule has 2 aromatic rings. The first kappa shape index (κ1) is 21.9. The van der Waals surface area contributed by atoms with Gasteiger partial charge in [0.05, 0.1) is 5.71 Å². The van der Waals surface area contributed by atoms with Gasteiger partial charge in [-0.15, -0.1) is 11.6 Å². The van der Waals surface area contributed by atoms with Crippen molar-refractivity contribution < 1.29 is 4.79 Å². The maximum Gasteiger partial charge on any atom is 0.245 e. The van der Waals surface area contributed by atoms with Gasteiger partial charge in [-0.3, -0.25) is 9.80 Å². The summed E-state index contributed by atoms with van der Waals surface area (Å²) < 4.78 is 0. The number of hydrazone groups is 1. The summed E-state index contributed by atoms with van der Waals surface area (Å²) in [4.78, 5) is 12.5. The monoisotopic (exact) mass is 451 g/mol. The third-order valence-electron chi connectivity index (χ3n) is 5.03. The van der Waals surface area contributed by atoms with E-state index in [1.807, 2.05) is 29.3 Å². The summed E-state index contributed by atoms with van der Waals surface area (Å²) in [5.41, 5.74) is 2.58. The second kappa shape index (κ2) is 9.84. The Morgan fingerprint density at radius 3 is 2.31 bits per heavy atom. The van der Waals surface area contributed by atoms with Crippen molar-refractivity contribution in [3.8, 4) is 0 Å². The minimum atomic E-state index is -0.152. The van der Waals surface area contributed by atoms with Crippen LogP contribution in [0.4, 0.5) is 5.69 Å². The minimum absolute atomic E-state index is 0.114. The molecule has 1 aliphatic heterocycles. The summed E-state index contributed by atoms with van der Waals surface area (Å²) in [7, 11) is 0. The van der Waals surface area contributed by atoms with Gasteiger partial charge >= 0.3 is 0 Å². The van der Waals surface area contributed by atoms with Gasteiger partial charge in [-0.1, -0.05) is 48.7 Å². The molecule has 1 amide bonds. The Balaban J connectivity index is 1.73. The molecule has 1 aliphatic rings. The van der Waals surface area contributed by atoms with Gasteiger partial charge in [0.1, 0.15) is 6.54 Å². The topological polar surface area (TPSA) is 44.7 Å². The zero-order valence-corrected chi connectivity index (χ0v) is 18.6. The van der Waals surface area contributed by atoms with Crippen LogP contribution in [0.1, 0.15) is 31.7 Å². The lowest BCUT2D eigenvalue weighted by Crippen LogP contribution is -2.34. The first-order chi connectivity index (χ1) is 13.9. The van der Waals surface area contributed by atoms with Crippen molar-refractivity contribution in [2.75, 3.05) is 24.3 Å². The number of carbonyl (C=O) groups excluding carboxylic acids is 1. The Bertz CT molecular complexity index is 868. The van der Waals surface area contributed by atoms with Crippen LogP contribution in [0.3, 0.4) is 0 Å². The molecule has 0 spiro atoms. The number of benzene rings is 2. The number of carbonyl (C=O) groups is 1. The van der Waals surface area contributed by atoms with Crippen LogP contribution in [-0.2, 0) is 4.79 Å². The van der Waals surface area contributed by atoms with Crippen molar-refractivity contribution in [3.63, 3.8) is 0 Å². The van der Waals surface area contributed by atoms with E-state index in [4.69, 9.17) is 39.9 Å². The van der Waals surface area contributed by atoms with Crippen LogP contribution < -0.4 is 5.32 Å². The molecular weight excluding hydrogens is 429 g/mol. The Morgan fingerprint density at radius 1 is 1.07 bits per heavy atom. The van der Waals surface area contributed by atoms with E-state index in [0.717, 1.165) is 30.5 Å². The van der Waals surface area contributed by atoms with E-state index in [1.165, 1.54) is 0 Å². The number of nitrogens with zero attached hydrogens (tertiary/aromatic N) is 2. The standard InChI is InChI=1S/C22H24Cl3N3O/c1-22(12-2-3-13-23)15-28(27-21(22)16-4-6-17(24)7-5-16)14-20(29)26-19-10-8-18(25)9-11-19/h4-11H,2-3,12-15H2,1H3,(H,26,29). The summed E-state index contributed by atoms with van der Waals surface area (Å²) in [5, 5.41) is 10.9. The molecule has 4 nitrogen and oxygen atoms in total. The number of unbranched alkanes of at least 4 members (excludes halogenated alkanes) is 1. The van der Waals surface area contributed by atoms with Gasteiger partial charge in [-0.25, -0.2) is 0 Å². The van der Waals surface area contributed by atoms with E-state index in [2.05, 4.69) is 12.2 Å². The fourth-order valence-electron chi connectivity index (χ4n) is 3.59. The zero-order chi connectivity index (χ0) is 20.9. The number of halogens is 3. The number of rotatable bonds is 8. The molecule has 1 unspecified atom stereocenters. The van der Waals surface area contributed by atoms with Gasteiger partial charge < -0.3 is 5.32 Å². The van der Waals surface area contributed by atoms with Gasteiger partial charge in [0, 0.05) is 33.6 Å². The molecule has 2 aromatic carbocycles. The van der Waals surface area contributed by atoms with Crippen molar-refractivity contribution in [3.05, 3.63) is 64.1 Å². The average Bonchev–Trinajstić information content (AvgIpc) is 3.00. The largest absolute Gasteiger partial charge is 0.324 e. The summed E-state index contributed by atoms with van der Waals surface area (Å²) in [6.45, 7) is 3.07. The van der Waals surface area contributed by atoms with Gasteiger partial charge in [0.25, 0.3) is 0 Å². The highest BCUT2D eigenvalue weighted by atomic mass is 35.5. The fraction of sp³-hybridized carbons (Fsp3) is 0.364. The molecule has 0 bridgehead atoms. The lowest BCUT2D eigenvalue weighted by Gasteiger charge is -2.26. The van der Waals surface area contributed by atoms with Crippen LogP contribution >= 0.6 is 34.8 Å². The molecule has 0 saturated carbocycles. The van der Waals surface area contributed by atoms with Gasteiger partial charge in [-0.2, -0.15) is 5.10 Å². The van der Waals surface area contributed by atoms with Crippen molar-refractivity contribution in [2.24, 2.45) is 10.5 Å². The number of hydrogen-bond acceptors (Lipinski definition) is 3. The first-order valence-corrected chi connectivity index (χ1v) is 10.9. The summed E-state index contributed by atoms with van der Waals surface area (Å²) in [6, 6.07) is 14.8. The Hall–Kier alpha value is -1.75. The van der Waals surface area contributed by atoms with Crippen LogP contribution in [0, 0.1) is 5.41 Å². The van der Waals surface area contributed by atoms with E-state index < -0.39 is 0 Å². The van der Waals surface area contributed by atoms with E-state index in [1.54, 1.807) is 24.3 Å². The lowest BCUT2D eigenvalue weighted by atomic mass is 9.78. The maximum atomic E-state index is 12.5.